The van der Waals surface area contributed by atoms with Crippen molar-refractivity contribution in [2.75, 3.05) is 17.2 Å². The molecule has 0 radical (unpaired) electrons. The van der Waals surface area contributed by atoms with E-state index < -0.39 is 11.9 Å². The molecule has 0 atom stereocenters. The lowest BCUT2D eigenvalue weighted by Gasteiger charge is -2.13. The van der Waals surface area contributed by atoms with E-state index >= 15 is 0 Å². The molecule has 3 rings (SSSR count). The topological polar surface area (TPSA) is 84.5 Å². The van der Waals surface area contributed by atoms with Gasteiger partial charge < -0.3 is 15.4 Å². The second-order valence-corrected chi connectivity index (χ2v) is 8.47. The zero-order valence-corrected chi connectivity index (χ0v) is 17.7. The van der Waals surface area contributed by atoms with Crippen molar-refractivity contribution in [3.63, 3.8) is 0 Å². The number of halogens is 1. The number of aryl methyl sites for hydroxylation is 1. The highest BCUT2D eigenvalue weighted by Crippen LogP contribution is 2.38. The number of hydrogen-bond acceptors (Lipinski definition) is 5. The lowest BCUT2D eigenvalue weighted by molar-refractivity contribution is -0.119. The smallest absolute Gasteiger partial charge is 0.341 e. The minimum absolute atomic E-state index is 0.237. The molecule has 1 aromatic heterocycles. The molecule has 2 aromatic rings. The van der Waals surface area contributed by atoms with Crippen LogP contribution in [0.4, 0.5) is 10.7 Å². The number of rotatable bonds is 5. The van der Waals surface area contributed by atoms with E-state index in [0.717, 1.165) is 39.7 Å². The molecule has 8 heteroatoms. The molecule has 2 N–H and O–H groups in total. The van der Waals surface area contributed by atoms with Crippen LogP contribution in [-0.2, 0) is 27.2 Å². The molecule has 1 heterocycles. The highest BCUT2D eigenvalue weighted by atomic mass is 127. The number of ether oxygens (including phenoxy) is 1. The van der Waals surface area contributed by atoms with Crippen LogP contribution in [0.2, 0.25) is 0 Å². The summed E-state index contributed by atoms with van der Waals surface area (Å²) in [5, 5.41) is 5.96. The fourth-order valence-corrected chi connectivity index (χ4v) is 4.83. The van der Waals surface area contributed by atoms with E-state index in [9.17, 15) is 14.4 Å². The van der Waals surface area contributed by atoms with Crippen LogP contribution < -0.4 is 10.6 Å². The van der Waals surface area contributed by atoms with Gasteiger partial charge in [0.2, 0.25) is 5.91 Å². The Bertz CT molecular complexity index is 894. The molecule has 1 aliphatic rings. The van der Waals surface area contributed by atoms with Crippen LogP contribution in [0.3, 0.4) is 0 Å². The zero-order valence-electron chi connectivity index (χ0n) is 14.8. The van der Waals surface area contributed by atoms with E-state index in [1.807, 2.05) is 18.2 Å². The third-order valence-corrected chi connectivity index (χ3v) is 6.30. The van der Waals surface area contributed by atoms with Gasteiger partial charge in [0.05, 0.1) is 11.3 Å². The number of anilines is 2. The molecular formula is C19H19IN2O4S. The SMILES string of the molecule is CC(=O)Nc1sc2c(c1C(=O)OCC(=O)Nc1ccccc1I)CCCC2. The van der Waals surface area contributed by atoms with E-state index in [-0.39, 0.29) is 12.5 Å². The number of carbonyl (C=O) groups excluding carboxylic acids is 3. The molecule has 1 aliphatic carbocycles. The van der Waals surface area contributed by atoms with E-state index in [1.54, 1.807) is 6.07 Å². The van der Waals surface area contributed by atoms with Crippen molar-refractivity contribution in [2.24, 2.45) is 0 Å². The Kier molecular flexibility index (Phi) is 6.48. The van der Waals surface area contributed by atoms with Crippen LogP contribution in [0.1, 0.15) is 40.6 Å². The molecule has 0 fully saturated rings. The number of benzene rings is 1. The minimum atomic E-state index is -0.573. The summed E-state index contributed by atoms with van der Waals surface area (Å²) < 4.78 is 6.15. The molecule has 2 amide bonds. The summed E-state index contributed by atoms with van der Waals surface area (Å²) in [5.41, 5.74) is 2.01. The van der Waals surface area contributed by atoms with Crippen LogP contribution in [0, 0.1) is 3.57 Å². The molecule has 142 valence electrons. The first-order valence-corrected chi connectivity index (χ1v) is 10.5. The number of fused-ring (bicyclic) bond motifs is 1. The van der Waals surface area contributed by atoms with Gasteiger partial charge in [0.15, 0.2) is 6.61 Å². The van der Waals surface area contributed by atoms with Gasteiger partial charge in [-0.2, -0.15) is 0 Å². The van der Waals surface area contributed by atoms with Crippen molar-refractivity contribution in [3.05, 3.63) is 43.8 Å². The van der Waals surface area contributed by atoms with Crippen molar-refractivity contribution < 1.29 is 19.1 Å². The first-order valence-electron chi connectivity index (χ1n) is 8.59. The molecule has 0 saturated heterocycles. The highest BCUT2D eigenvalue weighted by molar-refractivity contribution is 14.1. The lowest BCUT2D eigenvalue weighted by Crippen LogP contribution is -2.22. The van der Waals surface area contributed by atoms with Gasteiger partial charge >= 0.3 is 5.97 Å². The Morgan fingerprint density at radius 3 is 2.63 bits per heavy atom. The number of nitrogens with one attached hydrogen (secondary N) is 2. The van der Waals surface area contributed by atoms with Gasteiger partial charge in [0, 0.05) is 15.4 Å². The van der Waals surface area contributed by atoms with Crippen molar-refractivity contribution in [1.29, 1.82) is 0 Å². The molecular weight excluding hydrogens is 479 g/mol. The number of para-hydroxylation sites is 1. The van der Waals surface area contributed by atoms with Crippen molar-refractivity contribution in [1.82, 2.24) is 0 Å². The van der Waals surface area contributed by atoms with Gasteiger partial charge in [-0.15, -0.1) is 11.3 Å². The molecule has 1 aromatic carbocycles. The Morgan fingerprint density at radius 2 is 1.89 bits per heavy atom. The molecule has 0 aliphatic heterocycles. The standard InChI is InChI=1S/C19H19IN2O4S/c1-11(23)21-18-17(12-6-2-5-9-15(12)27-18)19(25)26-10-16(24)22-14-8-4-3-7-13(14)20/h3-4,7-8H,2,5-6,9-10H2,1H3,(H,21,23)(H,22,24). The predicted molar refractivity (Wildman–Crippen MR) is 113 cm³/mol. The summed E-state index contributed by atoms with van der Waals surface area (Å²) in [7, 11) is 0. The molecule has 0 bridgehead atoms. The molecule has 6 nitrogen and oxygen atoms in total. The van der Waals surface area contributed by atoms with Gasteiger partial charge in [-0.05, 0) is 66.0 Å². The third-order valence-electron chi connectivity index (χ3n) is 4.15. The first kappa shape index (κ1) is 19.8. The van der Waals surface area contributed by atoms with Crippen molar-refractivity contribution >= 4 is 62.4 Å². The van der Waals surface area contributed by atoms with E-state index in [4.69, 9.17) is 4.74 Å². The maximum Gasteiger partial charge on any atom is 0.341 e. The van der Waals surface area contributed by atoms with E-state index in [1.165, 1.54) is 18.3 Å². The number of amides is 2. The Balaban J connectivity index is 1.70. The zero-order chi connectivity index (χ0) is 19.4. The number of hydrogen-bond donors (Lipinski definition) is 2. The Morgan fingerprint density at radius 1 is 1.15 bits per heavy atom. The summed E-state index contributed by atoms with van der Waals surface area (Å²) in [6, 6.07) is 7.35. The minimum Gasteiger partial charge on any atom is -0.452 e. The Hall–Kier alpha value is -1.94. The summed E-state index contributed by atoms with van der Waals surface area (Å²) in [5.74, 6) is -1.22. The summed E-state index contributed by atoms with van der Waals surface area (Å²) >= 11 is 3.54. The third kappa shape index (κ3) is 4.86. The van der Waals surface area contributed by atoms with Gasteiger partial charge in [0.25, 0.3) is 5.91 Å². The molecule has 27 heavy (non-hydrogen) atoms. The molecule has 0 saturated carbocycles. The maximum atomic E-state index is 12.7. The van der Waals surface area contributed by atoms with E-state index in [2.05, 4.69) is 33.2 Å². The second-order valence-electron chi connectivity index (χ2n) is 6.20. The average molecular weight is 498 g/mol. The second kappa shape index (κ2) is 8.83. The van der Waals surface area contributed by atoms with Gasteiger partial charge in [-0.1, -0.05) is 12.1 Å². The van der Waals surface area contributed by atoms with Crippen LogP contribution in [-0.4, -0.2) is 24.4 Å². The highest BCUT2D eigenvalue weighted by Gasteiger charge is 2.27. The summed E-state index contributed by atoms with van der Waals surface area (Å²) in [6.07, 6.45) is 3.74. The monoisotopic (exact) mass is 498 g/mol. The fraction of sp³-hybridized carbons (Fsp3) is 0.316. The normalized spacial score (nSPS) is 12.8. The average Bonchev–Trinajstić information content (AvgIpc) is 2.98. The largest absolute Gasteiger partial charge is 0.452 e. The quantitative estimate of drug-likeness (QED) is 0.483. The predicted octanol–water partition coefficient (Wildman–Crippen LogP) is 3.99. The number of carbonyl (C=O) groups is 3. The summed E-state index contributed by atoms with van der Waals surface area (Å²) in [4.78, 5) is 37.4. The van der Waals surface area contributed by atoms with Crippen LogP contribution in [0.15, 0.2) is 24.3 Å². The first-order chi connectivity index (χ1) is 13.0. The van der Waals surface area contributed by atoms with E-state index in [0.29, 0.717) is 16.3 Å². The number of thiophene rings is 1. The van der Waals surface area contributed by atoms with Gasteiger partial charge in [0.1, 0.15) is 5.00 Å². The Labute approximate surface area is 174 Å². The number of esters is 1. The molecule has 0 unspecified atom stereocenters. The molecule has 0 spiro atoms. The van der Waals surface area contributed by atoms with Gasteiger partial charge in [-0.25, -0.2) is 4.79 Å². The van der Waals surface area contributed by atoms with Crippen molar-refractivity contribution in [2.45, 2.75) is 32.6 Å². The van der Waals surface area contributed by atoms with Crippen LogP contribution in [0.25, 0.3) is 0 Å². The van der Waals surface area contributed by atoms with Crippen LogP contribution in [0.5, 0.6) is 0 Å². The van der Waals surface area contributed by atoms with Gasteiger partial charge in [-0.3, -0.25) is 9.59 Å². The van der Waals surface area contributed by atoms with Crippen LogP contribution >= 0.6 is 33.9 Å². The fourth-order valence-electron chi connectivity index (χ4n) is 2.98. The lowest BCUT2D eigenvalue weighted by atomic mass is 9.95. The summed E-state index contributed by atoms with van der Waals surface area (Å²) in [6.45, 7) is 1.02. The van der Waals surface area contributed by atoms with Crippen molar-refractivity contribution in [3.8, 4) is 0 Å². The maximum absolute atomic E-state index is 12.7.